The van der Waals surface area contributed by atoms with Crippen molar-refractivity contribution in [3.63, 3.8) is 0 Å². The van der Waals surface area contributed by atoms with Gasteiger partial charge in [-0.15, -0.1) is 0 Å². The SMILES string of the molecule is CCCCCCCCCCCCCCCOC(=O)CCN(C)CCCn1ccnc1. The third-order valence-electron chi connectivity index (χ3n) is 5.72. The van der Waals surface area contributed by atoms with Gasteiger partial charge in [0.05, 0.1) is 19.4 Å². The summed E-state index contributed by atoms with van der Waals surface area (Å²) in [5.41, 5.74) is 0. The van der Waals surface area contributed by atoms with Crippen molar-refractivity contribution in [1.29, 1.82) is 0 Å². The first-order chi connectivity index (χ1) is 14.7. The van der Waals surface area contributed by atoms with Gasteiger partial charge >= 0.3 is 5.97 Å². The van der Waals surface area contributed by atoms with E-state index in [9.17, 15) is 4.79 Å². The quantitative estimate of drug-likeness (QED) is 0.174. The van der Waals surface area contributed by atoms with E-state index in [0.717, 1.165) is 32.5 Å². The molecule has 5 nitrogen and oxygen atoms in total. The number of rotatable bonds is 21. The van der Waals surface area contributed by atoms with E-state index in [-0.39, 0.29) is 5.97 Å². The van der Waals surface area contributed by atoms with Gasteiger partial charge in [0.1, 0.15) is 0 Å². The third-order valence-corrected chi connectivity index (χ3v) is 5.72. The summed E-state index contributed by atoms with van der Waals surface area (Å²) in [7, 11) is 2.06. The van der Waals surface area contributed by atoms with Crippen LogP contribution in [0.1, 0.15) is 103 Å². The molecule has 0 radical (unpaired) electrons. The van der Waals surface area contributed by atoms with Gasteiger partial charge in [-0.2, -0.15) is 0 Å². The lowest BCUT2D eigenvalue weighted by Crippen LogP contribution is -2.24. The Balaban J connectivity index is 1.79. The van der Waals surface area contributed by atoms with Crippen LogP contribution in [-0.2, 0) is 16.1 Å². The Morgan fingerprint density at radius 2 is 1.47 bits per heavy atom. The van der Waals surface area contributed by atoms with Crippen LogP contribution < -0.4 is 0 Å². The second kappa shape index (κ2) is 19.6. The molecular formula is C25H47N3O2. The molecule has 1 aromatic heterocycles. The zero-order valence-electron chi connectivity index (χ0n) is 19.8. The van der Waals surface area contributed by atoms with E-state index in [1.807, 2.05) is 12.5 Å². The smallest absolute Gasteiger partial charge is 0.307 e. The van der Waals surface area contributed by atoms with Crippen LogP contribution >= 0.6 is 0 Å². The molecule has 0 atom stereocenters. The minimum atomic E-state index is -0.0598. The molecule has 0 saturated carbocycles. The molecule has 0 fully saturated rings. The predicted molar refractivity (Wildman–Crippen MR) is 126 cm³/mol. The van der Waals surface area contributed by atoms with E-state index in [4.69, 9.17) is 4.74 Å². The number of carbonyl (C=O) groups excluding carboxylic acids is 1. The zero-order chi connectivity index (χ0) is 21.7. The van der Waals surface area contributed by atoms with Gasteiger partial charge in [0, 0.05) is 25.5 Å². The Hall–Kier alpha value is -1.36. The van der Waals surface area contributed by atoms with E-state index in [1.54, 1.807) is 6.20 Å². The minimum absolute atomic E-state index is 0.0598. The molecule has 0 bridgehead atoms. The molecule has 0 unspecified atom stereocenters. The van der Waals surface area contributed by atoms with Crippen LogP contribution in [0.3, 0.4) is 0 Å². The van der Waals surface area contributed by atoms with Crippen LogP contribution in [0.5, 0.6) is 0 Å². The Bertz CT molecular complexity index is 491. The molecule has 0 aliphatic rings. The van der Waals surface area contributed by atoms with Gasteiger partial charge in [-0.3, -0.25) is 4.79 Å². The van der Waals surface area contributed by atoms with Gasteiger partial charge in [0.15, 0.2) is 0 Å². The van der Waals surface area contributed by atoms with Crippen LogP contribution in [0.15, 0.2) is 18.7 Å². The molecule has 1 rings (SSSR count). The highest BCUT2D eigenvalue weighted by Gasteiger charge is 2.06. The van der Waals surface area contributed by atoms with Crippen LogP contribution in [-0.4, -0.2) is 47.2 Å². The summed E-state index contributed by atoms with van der Waals surface area (Å²) >= 11 is 0. The van der Waals surface area contributed by atoms with Crippen LogP contribution in [0.2, 0.25) is 0 Å². The highest BCUT2D eigenvalue weighted by molar-refractivity contribution is 5.69. The van der Waals surface area contributed by atoms with Crippen LogP contribution in [0, 0.1) is 0 Å². The number of nitrogens with zero attached hydrogens (tertiary/aromatic N) is 3. The van der Waals surface area contributed by atoms with Gasteiger partial charge in [0.2, 0.25) is 0 Å². The maximum atomic E-state index is 11.9. The lowest BCUT2D eigenvalue weighted by atomic mass is 10.0. The molecule has 0 amide bonds. The molecule has 5 heteroatoms. The lowest BCUT2D eigenvalue weighted by Gasteiger charge is -2.16. The van der Waals surface area contributed by atoms with Crippen molar-refractivity contribution in [2.45, 2.75) is 110 Å². The fourth-order valence-corrected chi connectivity index (χ4v) is 3.71. The maximum absolute atomic E-state index is 11.9. The van der Waals surface area contributed by atoms with Crippen molar-refractivity contribution in [3.8, 4) is 0 Å². The summed E-state index contributed by atoms with van der Waals surface area (Å²) in [6, 6.07) is 0. The molecule has 0 aliphatic heterocycles. The first-order valence-corrected chi connectivity index (χ1v) is 12.5. The minimum Gasteiger partial charge on any atom is -0.466 e. The highest BCUT2D eigenvalue weighted by Crippen LogP contribution is 2.12. The van der Waals surface area contributed by atoms with Crippen molar-refractivity contribution in [2.75, 3.05) is 26.7 Å². The van der Waals surface area contributed by atoms with Gasteiger partial charge in [-0.25, -0.2) is 4.98 Å². The van der Waals surface area contributed by atoms with E-state index < -0.39 is 0 Å². The molecule has 1 aromatic rings. The summed E-state index contributed by atoms with van der Waals surface area (Å²) in [6.07, 6.45) is 24.5. The van der Waals surface area contributed by atoms with Gasteiger partial charge in [0.25, 0.3) is 0 Å². The molecule has 0 saturated heterocycles. The summed E-state index contributed by atoms with van der Waals surface area (Å²) in [6.45, 7) is 5.57. The second-order valence-corrected chi connectivity index (χ2v) is 8.67. The number of ether oxygens (including phenoxy) is 1. The molecule has 0 aliphatic carbocycles. The Kier molecular flexibility index (Phi) is 17.4. The van der Waals surface area contributed by atoms with Crippen molar-refractivity contribution in [3.05, 3.63) is 18.7 Å². The number of unbranched alkanes of at least 4 members (excludes halogenated alkanes) is 12. The highest BCUT2D eigenvalue weighted by atomic mass is 16.5. The van der Waals surface area contributed by atoms with Crippen molar-refractivity contribution in [1.82, 2.24) is 14.5 Å². The Morgan fingerprint density at radius 1 is 0.867 bits per heavy atom. The average molecular weight is 422 g/mol. The molecular weight excluding hydrogens is 374 g/mol. The van der Waals surface area contributed by atoms with Crippen LogP contribution in [0.4, 0.5) is 0 Å². The monoisotopic (exact) mass is 421 g/mol. The molecule has 30 heavy (non-hydrogen) atoms. The summed E-state index contributed by atoms with van der Waals surface area (Å²) in [5.74, 6) is -0.0598. The van der Waals surface area contributed by atoms with Crippen molar-refractivity contribution in [2.24, 2.45) is 0 Å². The largest absolute Gasteiger partial charge is 0.466 e. The van der Waals surface area contributed by atoms with Crippen molar-refractivity contribution >= 4 is 5.97 Å². The van der Waals surface area contributed by atoms with E-state index in [2.05, 4.69) is 28.4 Å². The summed E-state index contributed by atoms with van der Waals surface area (Å²) in [4.78, 5) is 18.1. The van der Waals surface area contributed by atoms with Crippen molar-refractivity contribution < 1.29 is 9.53 Å². The van der Waals surface area contributed by atoms with E-state index in [1.165, 1.54) is 77.0 Å². The number of esters is 1. The Morgan fingerprint density at radius 3 is 2.03 bits per heavy atom. The molecule has 0 N–H and O–H groups in total. The molecule has 1 heterocycles. The topological polar surface area (TPSA) is 47.4 Å². The molecule has 0 aromatic carbocycles. The van der Waals surface area contributed by atoms with Crippen LogP contribution in [0.25, 0.3) is 0 Å². The van der Waals surface area contributed by atoms with Gasteiger partial charge in [-0.1, -0.05) is 84.0 Å². The molecule has 0 spiro atoms. The number of carbonyl (C=O) groups is 1. The fraction of sp³-hybridized carbons (Fsp3) is 0.840. The first-order valence-electron chi connectivity index (χ1n) is 12.5. The first kappa shape index (κ1) is 26.7. The number of hydrogen-bond acceptors (Lipinski definition) is 4. The average Bonchev–Trinajstić information content (AvgIpc) is 3.26. The summed E-state index contributed by atoms with van der Waals surface area (Å²) in [5, 5.41) is 0. The summed E-state index contributed by atoms with van der Waals surface area (Å²) < 4.78 is 7.46. The predicted octanol–water partition coefficient (Wildman–Crippen LogP) is 6.23. The van der Waals surface area contributed by atoms with Gasteiger partial charge < -0.3 is 14.2 Å². The lowest BCUT2D eigenvalue weighted by molar-refractivity contribution is -0.144. The third kappa shape index (κ3) is 16.4. The number of aryl methyl sites for hydroxylation is 1. The number of aromatic nitrogens is 2. The fourth-order valence-electron chi connectivity index (χ4n) is 3.71. The van der Waals surface area contributed by atoms with Gasteiger partial charge in [-0.05, 0) is 26.4 Å². The normalized spacial score (nSPS) is 11.3. The second-order valence-electron chi connectivity index (χ2n) is 8.67. The zero-order valence-corrected chi connectivity index (χ0v) is 19.8. The number of hydrogen-bond donors (Lipinski definition) is 0. The van der Waals surface area contributed by atoms with E-state index in [0.29, 0.717) is 13.0 Å². The number of imidazole rings is 1. The standard InChI is InChI=1S/C25H47N3O2/c1-3-4-5-6-7-8-9-10-11-12-13-14-15-23-30-25(29)17-21-27(2)19-16-20-28-22-18-26-24-28/h18,22,24H,3-17,19-21,23H2,1-2H3. The maximum Gasteiger partial charge on any atom is 0.307 e. The Labute approximate surface area is 185 Å². The van der Waals surface area contributed by atoms with E-state index >= 15 is 0 Å². The molecule has 174 valence electrons.